The molecule has 0 bridgehead atoms. The van der Waals surface area contributed by atoms with Crippen LogP contribution in [0.2, 0.25) is 0 Å². The largest absolute Gasteiger partial charge is 0.348 e. The SMILES string of the molecule is NCC1CCCN1c1ncc[nH]c1=O. The number of aromatic nitrogens is 2. The van der Waals surface area contributed by atoms with E-state index in [1.165, 1.54) is 0 Å². The lowest BCUT2D eigenvalue weighted by molar-refractivity contribution is 0.668. The monoisotopic (exact) mass is 194 g/mol. The van der Waals surface area contributed by atoms with Crippen LogP contribution in [0.15, 0.2) is 17.2 Å². The predicted octanol–water partition coefficient (Wildman–Crippen LogP) is -0.303. The van der Waals surface area contributed by atoms with Gasteiger partial charge in [0, 0.05) is 31.5 Å². The van der Waals surface area contributed by atoms with Gasteiger partial charge in [0.15, 0.2) is 5.82 Å². The molecule has 0 aliphatic carbocycles. The first-order chi connectivity index (χ1) is 6.83. The van der Waals surface area contributed by atoms with Gasteiger partial charge < -0.3 is 15.6 Å². The molecular weight excluding hydrogens is 180 g/mol. The fraction of sp³-hybridized carbons (Fsp3) is 0.556. The third-order valence-corrected chi connectivity index (χ3v) is 2.61. The van der Waals surface area contributed by atoms with E-state index >= 15 is 0 Å². The average molecular weight is 194 g/mol. The van der Waals surface area contributed by atoms with E-state index in [1.807, 2.05) is 4.90 Å². The normalized spacial score (nSPS) is 21.5. The van der Waals surface area contributed by atoms with Crippen LogP contribution < -0.4 is 16.2 Å². The van der Waals surface area contributed by atoms with Crippen molar-refractivity contribution in [2.75, 3.05) is 18.0 Å². The molecule has 1 aromatic heterocycles. The van der Waals surface area contributed by atoms with Crippen molar-refractivity contribution < 1.29 is 0 Å². The molecule has 0 saturated carbocycles. The summed E-state index contributed by atoms with van der Waals surface area (Å²) in [5.41, 5.74) is 5.50. The first-order valence-electron chi connectivity index (χ1n) is 4.83. The fourth-order valence-electron chi connectivity index (χ4n) is 1.91. The summed E-state index contributed by atoms with van der Waals surface area (Å²) in [7, 11) is 0. The third kappa shape index (κ3) is 1.50. The van der Waals surface area contributed by atoms with Crippen molar-refractivity contribution >= 4 is 5.82 Å². The van der Waals surface area contributed by atoms with Gasteiger partial charge >= 0.3 is 0 Å². The molecular formula is C9H14N4O. The maximum atomic E-state index is 11.5. The highest BCUT2D eigenvalue weighted by Gasteiger charge is 2.25. The number of H-pyrrole nitrogens is 1. The Labute approximate surface area is 82.0 Å². The van der Waals surface area contributed by atoms with Gasteiger partial charge in [0.25, 0.3) is 5.56 Å². The van der Waals surface area contributed by atoms with Gasteiger partial charge in [-0.1, -0.05) is 0 Å². The summed E-state index contributed by atoms with van der Waals surface area (Å²) >= 11 is 0. The van der Waals surface area contributed by atoms with E-state index in [0.717, 1.165) is 19.4 Å². The lowest BCUT2D eigenvalue weighted by Gasteiger charge is -2.23. The van der Waals surface area contributed by atoms with Crippen LogP contribution in [-0.2, 0) is 0 Å². The van der Waals surface area contributed by atoms with Gasteiger partial charge in [-0.15, -0.1) is 0 Å². The molecule has 2 heterocycles. The van der Waals surface area contributed by atoms with E-state index in [9.17, 15) is 4.79 Å². The van der Waals surface area contributed by atoms with E-state index in [-0.39, 0.29) is 11.6 Å². The molecule has 1 unspecified atom stereocenters. The highest BCUT2D eigenvalue weighted by molar-refractivity contribution is 5.38. The Morgan fingerprint density at radius 2 is 2.57 bits per heavy atom. The zero-order valence-corrected chi connectivity index (χ0v) is 7.94. The van der Waals surface area contributed by atoms with Gasteiger partial charge in [0.05, 0.1) is 0 Å². The zero-order valence-electron chi connectivity index (χ0n) is 7.94. The fourth-order valence-corrected chi connectivity index (χ4v) is 1.91. The number of nitrogens with two attached hydrogens (primary N) is 1. The standard InChI is InChI=1S/C9H14N4O/c10-6-7-2-1-5-13(7)8-9(14)12-4-3-11-8/h3-4,7H,1-2,5-6,10H2,(H,12,14). The second kappa shape index (κ2) is 3.79. The highest BCUT2D eigenvalue weighted by Crippen LogP contribution is 2.19. The molecule has 5 heteroatoms. The number of hydrogen-bond acceptors (Lipinski definition) is 4. The van der Waals surface area contributed by atoms with Gasteiger partial charge in [-0.3, -0.25) is 4.79 Å². The van der Waals surface area contributed by atoms with Gasteiger partial charge in [0.2, 0.25) is 0 Å². The summed E-state index contributed by atoms with van der Waals surface area (Å²) in [6, 6.07) is 0.269. The van der Waals surface area contributed by atoms with Crippen molar-refractivity contribution in [3.63, 3.8) is 0 Å². The van der Waals surface area contributed by atoms with Crippen LogP contribution in [0.25, 0.3) is 0 Å². The smallest absolute Gasteiger partial charge is 0.290 e. The minimum Gasteiger partial charge on any atom is -0.348 e. The predicted molar refractivity (Wildman–Crippen MR) is 54.3 cm³/mol. The van der Waals surface area contributed by atoms with E-state index in [0.29, 0.717) is 12.4 Å². The molecule has 76 valence electrons. The average Bonchev–Trinajstić information content (AvgIpc) is 2.66. The minimum absolute atomic E-state index is 0.132. The van der Waals surface area contributed by atoms with Crippen LogP contribution in [0, 0.1) is 0 Å². The molecule has 0 aromatic carbocycles. The van der Waals surface area contributed by atoms with E-state index in [2.05, 4.69) is 9.97 Å². The molecule has 2 rings (SSSR count). The van der Waals surface area contributed by atoms with Crippen LogP contribution >= 0.6 is 0 Å². The van der Waals surface area contributed by atoms with Crippen molar-refractivity contribution in [1.82, 2.24) is 9.97 Å². The van der Waals surface area contributed by atoms with Crippen molar-refractivity contribution in [3.8, 4) is 0 Å². The molecule has 3 N–H and O–H groups in total. The first kappa shape index (κ1) is 9.21. The lowest BCUT2D eigenvalue weighted by Crippen LogP contribution is -2.39. The van der Waals surface area contributed by atoms with E-state index < -0.39 is 0 Å². The summed E-state index contributed by atoms with van der Waals surface area (Å²) in [5, 5.41) is 0. The van der Waals surface area contributed by atoms with Crippen molar-refractivity contribution in [3.05, 3.63) is 22.7 Å². The molecule has 14 heavy (non-hydrogen) atoms. The van der Waals surface area contributed by atoms with Crippen molar-refractivity contribution in [1.29, 1.82) is 0 Å². The second-order valence-electron chi connectivity index (χ2n) is 3.47. The number of rotatable bonds is 2. The number of hydrogen-bond donors (Lipinski definition) is 2. The van der Waals surface area contributed by atoms with Crippen LogP contribution in [0.4, 0.5) is 5.82 Å². The summed E-state index contributed by atoms with van der Waals surface area (Å²) in [6.45, 7) is 1.46. The molecule has 1 fully saturated rings. The molecule has 0 radical (unpaired) electrons. The van der Waals surface area contributed by atoms with E-state index in [1.54, 1.807) is 12.4 Å². The highest BCUT2D eigenvalue weighted by atomic mass is 16.1. The summed E-state index contributed by atoms with van der Waals surface area (Å²) in [6.07, 6.45) is 5.27. The number of anilines is 1. The number of nitrogens with zero attached hydrogens (tertiary/aromatic N) is 2. The lowest BCUT2D eigenvalue weighted by atomic mass is 10.2. The maximum Gasteiger partial charge on any atom is 0.290 e. The Hall–Kier alpha value is -1.36. The Morgan fingerprint density at radius 1 is 1.71 bits per heavy atom. The zero-order chi connectivity index (χ0) is 9.97. The van der Waals surface area contributed by atoms with Gasteiger partial charge in [-0.2, -0.15) is 0 Å². The Kier molecular flexibility index (Phi) is 2.49. The topological polar surface area (TPSA) is 75.0 Å². The van der Waals surface area contributed by atoms with Crippen LogP contribution in [0.3, 0.4) is 0 Å². The molecule has 1 aliphatic heterocycles. The Bertz CT molecular complexity index is 362. The van der Waals surface area contributed by atoms with Crippen LogP contribution in [0.1, 0.15) is 12.8 Å². The molecule has 1 atom stereocenters. The van der Waals surface area contributed by atoms with Crippen molar-refractivity contribution in [2.24, 2.45) is 5.73 Å². The molecule has 5 nitrogen and oxygen atoms in total. The molecule has 1 aromatic rings. The van der Waals surface area contributed by atoms with Crippen LogP contribution in [-0.4, -0.2) is 29.1 Å². The Balaban J connectivity index is 2.30. The molecule has 1 saturated heterocycles. The molecule has 1 aliphatic rings. The summed E-state index contributed by atoms with van der Waals surface area (Å²) in [4.78, 5) is 20.2. The maximum absolute atomic E-state index is 11.5. The minimum atomic E-state index is -0.132. The molecule has 0 amide bonds. The summed E-state index contributed by atoms with van der Waals surface area (Å²) in [5.74, 6) is 0.500. The number of aromatic amines is 1. The first-order valence-corrected chi connectivity index (χ1v) is 4.83. The number of nitrogens with one attached hydrogen (secondary N) is 1. The van der Waals surface area contributed by atoms with Gasteiger partial charge in [-0.05, 0) is 12.8 Å². The summed E-state index contributed by atoms with van der Waals surface area (Å²) < 4.78 is 0. The van der Waals surface area contributed by atoms with Gasteiger partial charge in [0.1, 0.15) is 0 Å². The third-order valence-electron chi connectivity index (χ3n) is 2.61. The van der Waals surface area contributed by atoms with E-state index in [4.69, 9.17) is 5.73 Å². The second-order valence-corrected chi connectivity index (χ2v) is 3.47. The van der Waals surface area contributed by atoms with Crippen LogP contribution in [0.5, 0.6) is 0 Å². The molecule has 0 spiro atoms. The quantitative estimate of drug-likeness (QED) is 0.677. The van der Waals surface area contributed by atoms with Crippen molar-refractivity contribution in [2.45, 2.75) is 18.9 Å². The van der Waals surface area contributed by atoms with Gasteiger partial charge in [-0.25, -0.2) is 4.98 Å². The Morgan fingerprint density at radius 3 is 3.29 bits per heavy atom.